The van der Waals surface area contributed by atoms with E-state index >= 15 is 0 Å². The summed E-state index contributed by atoms with van der Waals surface area (Å²) in [7, 11) is -2.95. The van der Waals surface area contributed by atoms with Crippen molar-refractivity contribution in [2.45, 2.75) is 32.1 Å². The number of aromatic carboxylic acids is 1. The second-order valence-corrected chi connectivity index (χ2v) is 9.71. The molecule has 2 heterocycles. The highest BCUT2D eigenvalue weighted by molar-refractivity contribution is 7.91. The summed E-state index contributed by atoms with van der Waals surface area (Å²) < 4.78 is 23.0. The highest BCUT2D eigenvalue weighted by Crippen LogP contribution is 2.26. The molecule has 0 atom stereocenters. The van der Waals surface area contributed by atoms with Crippen LogP contribution >= 0.6 is 0 Å². The number of likely N-dealkylation sites (tertiary alicyclic amines) is 1. The Balaban J connectivity index is 1.50. The van der Waals surface area contributed by atoms with E-state index in [2.05, 4.69) is 0 Å². The van der Waals surface area contributed by atoms with Crippen molar-refractivity contribution in [1.29, 1.82) is 0 Å². The minimum Gasteiger partial charge on any atom is -0.478 e. The molecule has 0 unspecified atom stereocenters. The largest absolute Gasteiger partial charge is 0.478 e. The molecule has 1 aromatic carbocycles. The minimum atomic E-state index is -2.95. The molecule has 26 heavy (non-hydrogen) atoms. The minimum absolute atomic E-state index is 0.103. The zero-order valence-corrected chi connectivity index (χ0v) is 15.6. The molecule has 2 aliphatic rings. The summed E-state index contributed by atoms with van der Waals surface area (Å²) in [6.45, 7) is 1.40. The second-order valence-electron chi connectivity index (χ2n) is 7.40. The lowest BCUT2D eigenvalue weighted by Crippen LogP contribution is -2.44. The third-order valence-corrected chi connectivity index (χ3v) is 7.24. The van der Waals surface area contributed by atoms with Crippen LogP contribution in [0.2, 0.25) is 0 Å². The maximum atomic E-state index is 12.6. The molecule has 0 bridgehead atoms. The molecule has 0 spiro atoms. The van der Waals surface area contributed by atoms with Gasteiger partial charge in [-0.1, -0.05) is 12.1 Å². The number of sulfone groups is 1. The highest BCUT2D eigenvalue weighted by atomic mass is 32.2. The summed E-state index contributed by atoms with van der Waals surface area (Å²) in [6.07, 6.45) is 3.51. The van der Waals surface area contributed by atoms with Crippen LogP contribution in [0.25, 0.3) is 0 Å². The van der Waals surface area contributed by atoms with Crippen molar-refractivity contribution in [3.63, 3.8) is 0 Å². The van der Waals surface area contributed by atoms with Gasteiger partial charge in [0.15, 0.2) is 0 Å². The molecule has 6 nitrogen and oxygen atoms in total. The van der Waals surface area contributed by atoms with Crippen molar-refractivity contribution in [3.8, 4) is 0 Å². The van der Waals surface area contributed by atoms with Gasteiger partial charge >= 0.3 is 5.97 Å². The van der Waals surface area contributed by atoms with Crippen molar-refractivity contribution in [3.05, 3.63) is 35.4 Å². The first kappa shape index (κ1) is 18.9. The van der Waals surface area contributed by atoms with Gasteiger partial charge in [-0.2, -0.15) is 0 Å². The molecule has 2 saturated heterocycles. The molecular weight excluding hydrogens is 354 g/mol. The third kappa shape index (κ3) is 4.63. The van der Waals surface area contributed by atoms with Crippen LogP contribution in [0.4, 0.5) is 0 Å². The lowest BCUT2D eigenvalue weighted by molar-refractivity contribution is -0.137. The van der Waals surface area contributed by atoms with Crippen LogP contribution in [0.1, 0.15) is 41.6 Å². The Morgan fingerprint density at radius 3 is 2.35 bits per heavy atom. The van der Waals surface area contributed by atoms with Crippen LogP contribution in [-0.4, -0.2) is 54.9 Å². The van der Waals surface area contributed by atoms with E-state index in [-0.39, 0.29) is 23.3 Å². The number of hydrogen-bond acceptors (Lipinski definition) is 4. The van der Waals surface area contributed by atoms with E-state index in [1.54, 1.807) is 18.2 Å². The molecular formula is C19H25NO5S. The van der Waals surface area contributed by atoms with E-state index in [9.17, 15) is 18.0 Å². The first-order valence-electron chi connectivity index (χ1n) is 9.15. The fourth-order valence-electron chi connectivity index (χ4n) is 3.92. The summed E-state index contributed by atoms with van der Waals surface area (Å²) in [5, 5.41) is 9.09. The number of carboxylic acids is 1. The summed E-state index contributed by atoms with van der Waals surface area (Å²) in [5.74, 6) is -0.273. The van der Waals surface area contributed by atoms with Crippen LogP contribution in [-0.2, 0) is 21.1 Å². The lowest BCUT2D eigenvalue weighted by atomic mass is 9.89. The number of carbonyl (C=O) groups is 2. The van der Waals surface area contributed by atoms with Gasteiger partial charge in [0.1, 0.15) is 9.84 Å². The molecule has 1 amide bonds. The molecule has 2 aliphatic heterocycles. The molecule has 7 heteroatoms. The fourth-order valence-corrected chi connectivity index (χ4v) is 5.41. The molecule has 0 radical (unpaired) electrons. The first-order chi connectivity index (χ1) is 12.3. The predicted octanol–water partition coefficient (Wildman–Crippen LogP) is 1.99. The maximum absolute atomic E-state index is 12.6. The molecule has 142 valence electrons. The van der Waals surface area contributed by atoms with Gasteiger partial charge in [-0.15, -0.1) is 0 Å². The van der Waals surface area contributed by atoms with E-state index in [0.717, 1.165) is 24.8 Å². The molecule has 2 fully saturated rings. The maximum Gasteiger partial charge on any atom is 0.335 e. The van der Waals surface area contributed by atoms with Crippen LogP contribution in [0.15, 0.2) is 24.3 Å². The predicted molar refractivity (Wildman–Crippen MR) is 97.8 cm³/mol. The number of piperidine rings is 1. The average molecular weight is 379 g/mol. The van der Waals surface area contributed by atoms with Crippen LogP contribution in [0, 0.1) is 11.8 Å². The van der Waals surface area contributed by atoms with Gasteiger partial charge < -0.3 is 10.0 Å². The van der Waals surface area contributed by atoms with E-state index in [1.807, 2.05) is 11.0 Å². The third-order valence-electron chi connectivity index (χ3n) is 5.53. The van der Waals surface area contributed by atoms with E-state index in [1.165, 1.54) is 0 Å². The molecule has 0 aliphatic carbocycles. The zero-order chi connectivity index (χ0) is 18.7. The SMILES string of the molecule is O=C(O)c1cccc(CC2CCN(C(=O)C3CCS(=O)(=O)CC3)CC2)c1. The van der Waals surface area contributed by atoms with Crippen molar-refractivity contribution in [2.75, 3.05) is 24.6 Å². The number of nitrogens with zero attached hydrogens (tertiary/aromatic N) is 1. The van der Waals surface area contributed by atoms with Crippen molar-refractivity contribution >= 4 is 21.7 Å². The quantitative estimate of drug-likeness (QED) is 0.864. The summed E-state index contributed by atoms with van der Waals surface area (Å²) in [6, 6.07) is 7.04. The number of carbonyl (C=O) groups excluding carboxylic acids is 1. The summed E-state index contributed by atoms with van der Waals surface area (Å²) in [5.41, 5.74) is 1.33. The van der Waals surface area contributed by atoms with Crippen molar-refractivity contribution in [2.24, 2.45) is 11.8 Å². The second kappa shape index (κ2) is 7.78. The van der Waals surface area contributed by atoms with Gasteiger partial charge in [0.05, 0.1) is 17.1 Å². The van der Waals surface area contributed by atoms with Gasteiger partial charge in [0.2, 0.25) is 5.91 Å². The Morgan fingerprint density at radius 1 is 1.08 bits per heavy atom. The number of amides is 1. The Bertz CT molecular complexity index is 767. The Kier molecular flexibility index (Phi) is 5.65. The number of rotatable bonds is 4. The summed E-state index contributed by atoms with van der Waals surface area (Å²) >= 11 is 0. The fraction of sp³-hybridized carbons (Fsp3) is 0.579. The number of carboxylic acid groups (broad SMARTS) is 1. The van der Waals surface area contributed by atoms with Gasteiger partial charge in [-0.3, -0.25) is 4.79 Å². The molecule has 3 rings (SSSR count). The van der Waals surface area contributed by atoms with Crippen LogP contribution in [0.5, 0.6) is 0 Å². The topological polar surface area (TPSA) is 91.8 Å². The van der Waals surface area contributed by atoms with Crippen molar-refractivity contribution < 1.29 is 23.1 Å². The van der Waals surface area contributed by atoms with Crippen LogP contribution in [0.3, 0.4) is 0 Å². The zero-order valence-electron chi connectivity index (χ0n) is 14.8. The van der Waals surface area contributed by atoms with E-state index in [4.69, 9.17) is 5.11 Å². The highest BCUT2D eigenvalue weighted by Gasteiger charge is 2.32. The monoisotopic (exact) mass is 379 g/mol. The average Bonchev–Trinajstić information content (AvgIpc) is 2.62. The van der Waals surface area contributed by atoms with Gasteiger partial charge in [0, 0.05) is 19.0 Å². The van der Waals surface area contributed by atoms with Gasteiger partial charge in [0.25, 0.3) is 0 Å². The Morgan fingerprint density at radius 2 is 1.73 bits per heavy atom. The lowest BCUT2D eigenvalue weighted by Gasteiger charge is -2.35. The molecule has 1 N–H and O–H groups in total. The normalized spacial score (nSPS) is 21.5. The van der Waals surface area contributed by atoms with Gasteiger partial charge in [-0.25, -0.2) is 13.2 Å². The number of hydrogen-bond donors (Lipinski definition) is 1. The molecule has 0 aromatic heterocycles. The Labute approximate surface area is 154 Å². The van der Waals surface area contributed by atoms with E-state index in [0.29, 0.717) is 37.4 Å². The standard InChI is InChI=1S/C19H25NO5S/c21-18(16-6-10-26(24,25)11-7-16)20-8-4-14(5-9-20)12-15-2-1-3-17(13-15)19(22)23/h1-3,13-14,16H,4-12H2,(H,22,23). The smallest absolute Gasteiger partial charge is 0.335 e. The molecule has 1 aromatic rings. The van der Waals surface area contributed by atoms with Crippen LogP contribution < -0.4 is 0 Å². The van der Waals surface area contributed by atoms with Gasteiger partial charge in [-0.05, 0) is 55.7 Å². The summed E-state index contributed by atoms with van der Waals surface area (Å²) in [4.78, 5) is 25.6. The molecule has 0 saturated carbocycles. The first-order valence-corrected chi connectivity index (χ1v) is 11.0. The number of benzene rings is 1. The van der Waals surface area contributed by atoms with Crippen molar-refractivity contribution in [1.82, 2.24) is 4.90 Å². The Hall–Kier alpha value is -1.89. The van der Waals surface area contributed by atoms with E-state index < -0.39 is 15.8 Å².